The SMILES string of the molecule is Cc1cc(C)cc(C[N+]2(CCCCN(Cc3ccc4c(c3)OCCO4)S(=O)(=O)c3ccc4cc(Cl)ccc4c3)CCCC2)c1. The number of likely N-dealkylation sites (tertiary alicyclic amines) is 1. The van der Waals surface area contributed by atoms with Crippen LogP contribution in [0.5, 0.6) is 11.5 Å². The van der Waals surface area contributed by atoms with E-state index in [9.17, 15) is 8.42 Å². The summed E-state index contributed by atoms with van der Waals surface area (Å²) in [6, 6.07) is 23.4. The van der Waals surface area contributed by atoms with Gasteiger partial charge >= 0.3 is 0 Å². The average Bonchev–Trinajstić information content (AvgIpc) is 3.45. The van der Waals surface area contributed by atoms with Crippen molar-refractivity contribution in [3.8, 4) is 11.5 Å². The van der Waals surface area contributed by atoms with Crippen LogP contribution in [0.2, 0.25) is 5.02 Å². The van der Waals surface area contributed by atoms with Gasteiger partial charge in [0.25, 0.3) is 0 Å². The minimum absolute atomic E-state index is 0.264. The van der Waals surface area contributed by atoms with Crippen LogP contribution in [0.15, 0.2) is 77.7 Å². The molecule has 0 N–H and O–H groups in total. The van der Waals surface area contributed by atoms with Gasteiger partial charge in [-0.2, -0.15) is 4.31 Å². The van der Waals surface area contributed by atoms with Crippen molar-refractivity contribution in [1.82, 2.24) is 4.31 Å². The van der Waals surface area contributed by atoms with Crippen LogP contribution in [0.1, 0.15) is 47.9 Å². The highest BCUT2D eigenvalue weighted by atomic mass is 35.5. The van der Waals surface area contributed by atoms with Gasteiger partial charge in [0, 0.05) is 36.5 Å². The summed E-state index contributed by atoms with van der Waals surface area (Å²) in [6.45, 7) is 10.5. The van der Waals surface area contributed by atoms with Crippen molar-refractivity contribution in [2.75, 3.05) is 39.4 Å². The molecule has 0 spiro atoms. The molecular formula is C36H42ClN2O4S+. The van der Waals surface area contributed by atoms with Gasteiger partial charge in [0.15, 0.2) is 11.5 Å². The van der Waals surface area contributed by atoms with Crippen LogP contribution in [0.3, 0.4) is 0 Å². The van der Waals surface area contributed by atoms with Crippen molar-refractivity contribution in [2.24, 2.45) is 0 Å². The Morgan fingerprint density at radius 1 is 0.773 bits per heavy atom. The quantitative estimate of drug-likeness (QED) is 0.126. The van der Waals surface area contributed by atoms with Gasteiger partial charge in [-0.1, -0.05) is 59.1 Å². The lowest BCUT2D eigenvalue weighted by molar-refractivity contribution is -0.929. The van der Waals surface area contributed by atoms with Gasteiger partial charge in [-0.05, 0) is 79.4 Å². The fraction of sp³-hybridized carbons (Fsp3) is 0.389. The Labute approximate surface area is 266 Å². The number of nitrogens with zero attached hydrogens (tertiary/aromatic N) is 2. The van der Waals surface area contributed by atoms with Crippen LogP contribution in [-0.2, 0) is 23.1 Å². The molecule has 44 heavy (non-hydrogen) atoms. The van der Waals surface area contributed by atoms with Gasteiger partial charge in [-0.3, -0.25) is 0 Å². The predicted octanol–water partition coefficient (Wildman–Crippen LogP) is 7.66. The lowest BCUT2D eigenvalue weighted by Gasteiger charge is -2.35. The summed E-state index contributed by atoms with van der Waals surface area (Å²) >= 11 is 6.18. The van der Waals surface area contributed by atoms with Gasteiger partial charge in [0.1, 0.15) is 19.8 Å². The van der Waals surface area contributed by atoms with Crippen LogP contribution < -0.4 is 9.47 Å². The van der Waals surface area contributed by atoms with E-state index in [-0.39, 0.29) is 6.54 Å². The lowest BCUT2D eigenvalue weighted by Crippen LogP contribution is -2.45. The molecule has 0 aromatic heterocycles. The summed E-state index contributed by atoms with van der Waals surface area (Å²) in [5.41, 5.74) is 4.91. The van der Waals surface area contributed by atoms with Crippen molar-refractivity contribution in [1.29, 1.82) is 0 Å². The number of halogens is 1. The topological polar surface area (TPSA) is 55.8 Å². The average molecular weight is 634 g/mol. The van der Waals surface area contributed by atoms with Crippen molar-refractivity contribution < 1.29 is 22.4 Å². The zero-order valence-electron chi connectivity index (χ0n) is 25.7. The highest BCUT2D eigenvalue weighted by molar-refractivity contribution is 7.89. The molecule has 8 heteroatoms. The molecule has 0 radical (unpaired) electrons. The smallest absolute Gasteiger partial charge is 0.243 e. The molecule has 0 bridgehead atoms. The Hall–Kier alpha value is -3.10. The summed E-state index contributed by atoms with van der Waals surface area (Å²) in [4.78, 5) is 0.294. The third-order valence-electron chi connectivity index (χ3n) is 8.98. The molecule has 2 aliphatic heterocycles. The number of unbranched alkanes of at least 4 members (excludes halogenated alkanes) is 1. The molecule has 2 heterocycles. The Morgan fingerprint density at radius 2 is 1.48 bits per heavy atom. The fourth-order valence-electron chi connectivity index (χ4n) is 6.93. The third kappa shape index (κ3) is 7.07. The van der Waals surface area contributed by atoms with Crippen LogP contribution >= 0.6 is 11.6 Å². The van der Waals surface area contributed by atoms with Gasteiger partial charge in [0.05, 0.1) is 24.5 Å². The van der Waals surface area contributed by atoms with Gasteiger partial charge < -0.3 is 14.0 Å². The number of sulfonamides is 1. The second-order valence-electron chi connectivity index (χ2n) is 12.6. The summed E-state index contributed by atoms with van der Waals surface area (Å²) < 4.78 is 42.6. The Balaban J connectivity index is 1.21. The zero-order chi connectivity index (χ0) is 30.7. The second-order valence-corrected chi connectivity index (χ2v) is 14.9. The molecule has 0 aliphatic carbocycles. The van der Waals surface area contributed by atoms with Crippen molar-refractivity contribution in [3.63, 3.8) is 0 Å². The monoisotopic (exact) mass is 633 g/mol. The van der Waals surface area contributed by atoms with Crippen LogP contribution in [0.25, 0.3) is 10.8 Å². The number of hydrogen-bond donors (Lipinski definition) is 0. The van der Waals surface area contributed by atoms with E-state index in [4.69, 9.17) is 21.1 Å². The van der Waals surface area contributed by atoms with E-state index in [0.717, 1.165) is 46.8 Å². The lowest BCUT2D eigenvalue weighted by atomic mass is 10.1. The largest absolute Gasteiger partial charge is 0.486 e. The first-order chi connectivity index (χ1) is 21.2. The molecule has 0 atom stereocenters. The van der Waals surface area contributed by atoms with E-state index in [1.54, 1.807) is 22.5 Å². The molecule has 4 aromatic rings. The standard InChI is InChI=1S/C36H42ClN2O4S/c1-27-19-28(2)21-30(20-27)26-39(15-5-6-16-39)14-4-3-13-38(25-29-7-12-35-36(22-29)43-18-17-42-35)44(40,41)34-11-9-31-23-33(37)10-8-32(31)24-34/h7-12,19-24H,3-6,13-18,25-26H2,1-2H3/q+1. The molecule has 2 aliphatic rings. The molecule has 0 unspecified atom stereocenters. The highest BCUT2D eigenvalue weighted by Crippen LogP contribution is 2.33. The molecule has 6 rings (SSSR count). The van der Waals surface area contributed by atoms with E-state index in [0.29, 0.717) is 41.2 Å². The van der Waals surface area contributed by atoms with Crippen LogP contribution in [0, 0.1) is 13.8 Å². The van der Waals surface area contributed by atoms with Gasteiger partial charge in [-0.25, -0.2) is 8.42 Å². The fourth-order valence-corrected chi connectivity index (χ4v) is 8.61. The first-order valence-corrected chi connectivity index (χ1v) is 17.5. The van der Waals surface area contributed by atoms with E-state index >= 15 is 0 Å². The number of fused-ring (bicyclic) bond motifs is 2. The van der Waals surface area contributed by atoms with Crippen LogP contribution in [0.4, 0.5) is 0 Å². The summed E-state index contributed by atoms with van der Waals surface area (Å²) in [7, 11) is -3.77. The summed E-state index contributed by atoms with van der Waals surface area (Å²) in [5.74, 6) is 1.37. The Bertz CT molecular complexity index is 1730. The number of quaternary nitrogens is 1. The van der Waals surface area contributed by atoms with E-state index in [2.05, 4.69) is 32.0 Å². The number of rotatable bonds is 11. The summed E-state index contributed by atoms with van der Waals surface area (Å²) in [6.07, 6.45) is 4.26. The Kier molecular flexibility index (Phi) is 9.20. The third-order valence-corrected chi connectivity index (χ3v) is 11.1. The highest BCUT2D eigenvalue weighted by Gasteiger charge is 2.32. The van der Waals surface area contributed by atoms with Gasteiger partial charge in [-0.15, -0.1) is 0 Å². The molecule has 6 nitrogen and oxygen atoms in total. The molecule has 0 amide bonds. The van der Waals surface area contributed by atoms with Crippen molar-refractivity contribution >= 4 is 32.4 Å². The predicted molar refractivity (Wildman–Crippen MR) is 177 cm³/mol. The van der Waals surface area contributed by atoms with Gasteiger partial charge in [0.2, 0.25) is 10.0 Å². The van der Waals surface area contributed by atoms with Crippen LogP contribution in [-0.4, -0.2) is 56.6 Å². The molecule has 4 aromatic carbocycles. The van der Waals surface area contributed by atoms with Crippen molar-refractivity contribution in [2.45, 2.75) is 57.5 Å². The minimum atomic E-state index is -3.77. The number of hydrogen-bond acceptors (Lipinski definition) is 4. The maximum Gasteiger partial charge on any atom is 0.243 e. The Morgan fingerprint density at radius 3 is 2.25 bits per heavy atom. The molecule has 232 valence electrons. The number of benzene rings is 4. The maximum absolute atomic E-state index is 14.2. The van der Waals surface area contributed by atoms with E-state index < -0.39 is 10.0 Å². The number of ether oxygens (including phenoxy) is 2. The minimum Gasteiger partial charge on any atom is -0.486 e. The normalized spacial score (nSPS) is 16.1. The van der Waals surface area contributed by atoms with E-state index in [1.807, 2.05) is 36.4 Å². The first-order valence-electron chi connectivity index (χ1n) is 15.7. The summed E-state index contributed by atoms with van der Waals surface area (Å²) in [5, 5.41) is 2.39. The molecule has 1 fully saturated rings. The molecular weight excluding hydrogens is 592 g/mol. The number of aryl methyl sites for hydroxylation is 2. The first kappa shape index (κ1) is 30.9. The zero-order valence-corrected chi connectivity index (χ0v) is 27.3. The second kappa shape index (κ2) is 13.1. The maximum atomic E-state index is 14.2. The molecule has 0 saturated carbocycles. The molecule has 1 saturated heterocycles. The van der Waals surface area contributed by atoms with E-state index in [1.165, 1.54) is 42.6 Å². The van der Waals surface area contributed by atoms with Crippen molar-refractivity contribution in [3.05, 3.63) is 100 Å².